The Labute approximate surface area is 106 Å². The quantitative estimate of drug-likeness (QED) is 0.754. The molecule has 0 aliphatic carbocycles. The van der Waals surface area contributed by atoms with Crippen LogP contribution >= 0.6 is 11.6 Å². The van der Waals surface area contributed by atoms with Gasteiger partial charge in [-0.15, -0.1) is 0 Å². The molecular formula is C12H13BClFO2. The number of hydrogen-bond acceptors (Lipinski definition) is 2. The number of hydrogen-bond donors (Lipinski definition) is 0. The van der Waals surface area contributed by atoms with Crippen molar-refractivity contribution in [2.24, 2.45) is 0 Å². The summed E-state index contributed by atoms with van der Waals surface area (Å²) in [6.45, 7) is 4.40. The maximum absolute atomic E-state index is 13.5. The predicted octanol–water partition coefficient (Wildman–Crippen LogP) is 3.35. The largest absolute Gasteiger partial charge is 0.486 e. The minimum atomic E-state index is -0.444. The first-order chi connectivity index (χ1) is 7.98. The van der Waals surface area contributed by atoms with Gasteiger partial charge in [0.05, 0.1) is 17.2 Å². The number of benzene rings is 1. The van der Waals surface area contributed by atoms with E-state index in [0.29, 0.717) is 17.2 Å². The SMILES string of the molecule is CC1(C)COB(/C=C/c2c(F)cccc2Cl)O1. The molecular weight excluding hydrogens is 241 g/mol. The van der Waals surface area contributed by atoms with Gasteiger partial charge in [-0.25, -0.2) is 4.39 Å². The maximum Gasteiger partial charge on any atom is 0.486 e. The van der Waals surface area contributed by atoms with Crippen LogP contribution in [0.4, 0.5) is 4.39 Å². The van der Waals surface area contributed by atoms with Crippen LogP contribution in [-0.4, -0.2) is 19.3 Å². The van der Waals surface area contributed by atoms with Crippen LogP contribution in [0.25, 0.3) is 6.08 Å². The zero-order valence-electron chi connectivity index (χ0n) is 9.74. The Morgan fingerprint density at radius 3 is 2.82 bits per heavy atom. The van der Waals surface area contributed by atoms with Crippen LogP contribution in [0.15, 0.2) is 24.2 Å². The molecule has 2 nitrogen and oxygen atoms in total. The standard InChI is InChI=1S/C12H13BClFO2/c1-12(2)8-16-13(17-12)7-6-9-10(14)4-3-5-11(9)15/h3-7H,8H2,1-2H3/b7-6+. The lowest BCUT2D eigenvalue weighted by Gasteiger charge is -2.14. The van der Waals surface area contributed by atoms with Gasteiger partial charge in [-0.05, 0) is 26.0 Å². The van der Waals surface area contributed by atoms with Crippen molar-refractivity contribution in [3.63, 3.8) is 0 Å². The monoisotopic (exact) mass is 254 g/mol. The zero-order chi connectivity index (χ0) is 12.5. The first kappa shape index (κ1) is 12.6. The van der Waals surface area contributed by atoms with Gasteiger partial charge in [-0.2, -0.15) is 0 Å². The first-order valence-corrected chi connectivity index (χ1v) is 5.77. The van der Waals surface area contributed by atoms with Crippen LogP contribution in [0, 0.1) is 5.82 Å². The van der Waals surface area contributed by atoms with Gasteiger partial charge in [0.15, 0.2) is 0 Å². The van der Waals surface area contributed by atoms with Crippen molar-refractivity contribution in [3.05, 3.63) is 40.6 Å². The molecule has 0 unspecified atom stereocenters. The third-order valence-corrected chi connectivity index (χ3v) is 2.78. The molecule has 1 fully saturated rings. The minimum Gasteiger partial charge on any atom is -0.405 e. The Balaban J connectivity index is 2.11. The van der Waals surface area contributed by atoms with E-state index < -0.39 is 7.12 Å². The zero-order valence-corrected chi connectivity index (χ0v) is 10.5. The van der Waals surface area contributed by atoms with Crippen molar-refractivity contribution in [3.8, 4) is 0 Å². The van der Waals surface area contributed by atoms with Crippen molar-refractivity contribution >= 4 is 24.8 Å². The summed E-state index contributed by atoms with van der Waals surface area (Å²) in [5.74, 6) is 1.31. The Morgan fingerprint density at radius 2 is 2.24 bits per heavy atom. The van der Waals surface area contributed by atoms with Crippen molar-refractivity contribution < 1.29 is 13.7 Å². The summed E-state index contributed by atoms with van der Waals surface area (Å²) in [5, 5.41) is 0.374. The van der Waals surface area contributed by atoms with Gasteiger partial charge in [0, 0.05) is 5.56 Å². The van der Waals surface area contributed by atoms with E-state index in [1.54, 1.807) is 24.2 Å². The lowest BCUT2D eigenvalue weighted by molar-refractivity contribution is 0.137. The molecule has 0 N–H and O–H groups in total. The first-order valence-electron chi connectivity index (χ1n) is 5.40. The van der Waals surface area contributed by atoms with Crippen LogP contribution in [-0.2, 0) is 9.31 Å². The normalized spacial score (nSPS) is 19.2. The van der Waals surface area contributed by atoms with E-state index in [0.717, 1.165) is 0 Å². The average molecular weight is 254 g/mol. The molecule has 1 heterocycles. The van der Waals surface area contributed by atoms with Gasteiger partial charge in [-0.1, -0.05) is 29.7 Å². The molecule has 1 aromatic rings. The topological polar surface area (TPSA) is 18.5 Å². The lowest BCUT2D eigenvalue weighted by Crippen LogP contribution is -2.23. The molecule has 0 atom stereocenters. The summed E-state index contributed by atoms with van der Waals surface area (Å²) in [5.41, 5.74) is 0.0553. The van der Waals surface area contributed by atoms with Gasteiger partial charge >= 0.3 is 7.12 Å². The molecule has 0 aromatic heterocycles. The Morgan fingerprint density at radius 1 is 1.47 bits per heavy atom. The highest BCUT2D eigenvalue weighted by Crippen LogP contribution is 2.23. The van der Waals surface area contributed by atoms with E-state index in [9.17, 15) is 4.39 Å². The average Bonchev–Trinajstić information content (AvgIpc) is 2.57. The fourth-order valence-corrected chi connectivity index (χ4v) is 1.83. The fraction of sp³-hybridized carbons (Fsp3) is 0.333. The number of rotatable bonds is 2. The highest BCUT2D eigenvalue weighted by Gasteiger charge is 2.34. The van der Waals surface area contributed by atoms with Crippen molar-refractivity contribution in [2.75, 3.05) is 6.61 Å². The molecule has 5 heteroatoms. The second-order valence-corrected chi connectivity index (χ2v) is 4.96. The molecule has 1 aliphatic rings. The Bertz CT molecular complexity index is 428. The number of halogens is 2. The third-order valence-electron chi connectivity index (χ3n) is 2.45. The van der Waals surface area contributed by atoms with Gasteiger partial charge in [0.2, 0.25) is 0 Å². The van der Waals surface area contributed by atoms with Crippen LogP contribution in [0.2, 0.25) is 5.02 Å². The van der Waals surface area contributed by atoms with Gasteiger partial charge < -0.3 is 9.31 Å². The summed E-state index contributed by atoms with van der Waals surface area (Å²) in [7, 11) is -0.444. The second kappa shape index (κ2) is 4.80. The van der Waals surface area contributed by atoms with Crippen molar-refractivity contribution in [1.82, 2.24) is 0 Å². The summed E-state index contributed by atoms with van der Waals surface area (Å²) < 4.78 is 24.4. The smallest absolute Gasteiger partial charge is 0.405 e. The molecule has 0 saturated carbocycles. The molecule has 1 aromatic carbocycles. The molecule has 2 rings (SSSR count). The minimum absolute atomic E-state index is 0.298. The van der Waals surface area contributed by atoms with Crippen molar-refractivity contribution in [2.45, 2.75) is 19.4 Å². The summed E-state index contributed by atoms with van der Waals surface area (Å²) in [6.07, 6.45) is 1.59. The van der Waals surface area contributed by atoms with Gasteiger partial charge in [-0.3, -0.25) is 0 Å². The van der Waals surface area contributed by atoms with Crippen molar-refractivity contribution in [1.29, 1.82) is 0 Å². The fourth-order valence-electron chi connectivity index (χ4n) is 1.60. The molecule has 1 aliphatic heterocycles. The lowest BCUT2D eigenvalue weighted by atomic mass is 9.89. The summed E-state index contributed by atoms with van der Waals surface area (Å²) in [6, 6.07) is 4.58. The molecule has 17 heavy (non-hydrogen) atoms. The van der Waals surface area contributed by atoms with Crippen LogP contribution in [0.1, 0.15) is 19.4 Å². The van der Waals surface area contributed by atoms with E-state index in [4.69, 9.17) is 20.9 Å². The highest BCUT2D eigenvalue weighted by atomic mass is 35.5. The van der Waals surface area contributed by atoms with Crippen LogP contribution in [0.3, 0.4) is 0 Å². The van der Waals surface area contributed by atoms with E-state index in [1.165, 1.54) is 6.07 Å². The van der Waals surface area contributed by atoms with E-state index >= 15 is 0 Å². The predicted molar refractivity (Wildman–Crippen MR) is 67.3 cm³/mol. The summed E-state index contributed by atoms with van der Waals surface area (Å²) in [4.78, 5) is 0. The van der Waals surface area contributed by atoms with E-state index in [1.807, 2.05) is 13.8 Å². The molecule has 0 spiro atoms. The summed E-state index contributed by atoms with van der Waals surface area (Å²) >= 11 is 5.90. The second-order valence-electron chi connectivity index (χ2n) is 4.55. The van der Waals surface area contributed by atoms with Crippen LogP contribution in [0.5, 0.6) is 0 Å². The van der Waals surface area contributed by atoms with E-state index in [-0.39, 0.29) is 11.4 Å². The molecule has 90 valence electrons. The maximum atomic E-state index is 13.5. The highest BCUT2D eigenvalue weighted by molar-refractivity contribution is 6.52. The molecule has 1 saturated heterocycles. The Kier molecular flexibility index (Phi) is 3.57. The molecule has 0 radical (unpaired) electrons. The molecule has 0 bridgehead atoms. The molecule has 0 amide bonds. The van der Waals surface area contributed by atoms with Crippen LogP contribution < -0.4 is 0 Å². The Hall–Kier alpha value is -0.835. The third kappa shape index (κ3) is 3.09. The van der Waals surface area contributed by atoms with Gasteiger partial charge in [0.1, 0.15) is 5.82 Å². The van der Waals surface area contributed by atoms with E-state index in [2.05, 4.69) is 0 Å². The van der Waals surface area contributed by atoms with Gasteiger partial charge in [0.25, 0.3) is 0 Å².